The number of alkyl halides is 6. The van der Waals surface area contributed by atoms with Gasteiger partial charge in [0, 0.05) is 6.92 Å². The van der Waals surface area contributed by atoms with E-state index in [0.29, 0.717) is 0 Å². The van der Waals surface area contributed by atoms with Crippen LogP contribution in [0.2, 0.25) is 5.04 Å². The quantitative estimate of drug-likeness (QED) is 0.148. The lowest BCUT2D eigenvalue weighted by atomic mass is 9.93. The number of esters is 1. The van der Waals surface area contributed by atoms with Crippen LogP contribution in [0, 0.1) is 0 Å². The number of carbonyl (C=O) groups is 2. The Morgan fingerprint density at radius 3 is 2.04 bits per heavy atom. The molecule has 3 N–H and O–H groups in total. The highest BCUT2D eigenvalue weighted by Crippen LogP contribution is 2.42. The lowest BCUT2D eigenvalue weighted by molar-refractivity contribution is -0.151. The number of hydrogen-bond acceptors (Lipinski definition) is 11. The van der Waals surface area contributed by atoms with Crippen LogP contribution >= 0.6 is 69.6 Å². The van der Waals surface area contributed by atoms with Gasteiger partial charge in [-0.25, -0.2) is 18.9 Å². The van der Waals surface area contributed by atoms with Gasteiger partial charge < -0.3 is 14.5 Å². The summed E-state index contributed by atoms with van der Waals surface area (Å²) in [5.74, 6) is -2.22. The van der Waals surface area contributed by atoms with Crippen molar-refractivity contribution in [1.29, 1.82) is 0 Å². The Labute approximate surface area is 332 Å². The van der Waals surface area contributed by atoms with Gasteiger partial charge in [0.05, 0.1) is 6.61 Å². The Balaban J connectivity index is 1.63. The van der Waals surface area contributed by atoms with Gasteiger partial charge in [-0.05, 0) is 27.6 Å². The number of hydrogen-bond donors (Lipinski definition) is 3. The minimum Gasteiger partial charge on any atom is -0.438 e. The number of ether oxygens (including phenoxy) is 1. The van der Waals surface area contributed by atoms with Gasteiger partial charge in [-0.2, -0.15) is 8.42 Å². The topological polar surface area (TPSA) is 160 Å². The van der Waals surface area contributed by atoms with E-state index in [4.69, 9.17) is 87.9 Å². The summed E-state index contributed by atoms with van der Waals surface area (Å²) in [7, 11) is -7.79. The van der Waals surface area contributed by atoms with Gasteiger partial charge in [-0.1, -0.05) is 151 Å². The zero-order valence-corrected chi connectivity index (χ0v) is 34.3. The fraction of sp³-hybridized carbons (Fsp3) is 0.419. The van der Waals surface area contributed by atoms with Crippen molar-refractivity contribution >= 4 is 122 Å². The highest BCUT2D eigenvalue weighted by atomic mass is 35.6. The molecule has 0 aromatic heterocycles. The monoisotopic (exact) mass is 872 g/mol. The third kappa shape index (κ3) is 8.64. The number of rotatable bonds is 9. The molecule has 0 fully saturated rings. The second-order valence-electron chi connectivity index (χ2n) is 13.0. The Morgan fingerprint density at radius 2 is 1.54 bits per heavy atom. The Kier molecular flexibility index (Phi) is 11.8. The van der Waals surface area contributed by atoms with Crippen LogP contribution in [-0.2, 0) is 33.2 Å². The van der Waals surface area contributed by atoms with Gasteiger partial charge in [0.1, 0.15) is 18.7 Å². The van der Waals surface area contributed by atoms with Crippen molar-refractivity contribution in [3.63, 3.8) is 0 Å². The average Bonchev–Trinajstić information content (AvgIpc) is 3.58. The van der Waals surface area contributed by atoms with E-state index in [0.717, 1.165) is 10.4 Å². The predicted molar refractivity (Wildman–Crippen MR) is 205 cm³/mol. The van der Waals surface area contributed by atoms with E-state index in [-0.39, 0.29) is 18.5 Å². The number of aliphatic imine (C=N–C) groups is 2. The van der Waals surface area contributed by atoms with Crippen LogP contribution < -0.4 is 25.7 Å². The maximum Gasteiger partial charge on any atom is 0.362 e. The molecule has 2 aromatic carbocycles. The molecule has 5 rings (SSSR count). The number of carbonyl (C=O) groups excluding carboxylic acids is 2. The highest BCUT2D eigenvalue weighted by Gasteiger charge is 2.61. The number of benzene rings is 2. The number of halogens is 6. The average molecular weight is 876 g/mol. The largest absolute Gasteiger partial charge is 0.438 e. The summed E-state index contributed by atoms with van der Waals surface area (Å²) in [5, 5.41) is 7.10. The molecule has 2 aromatic rings. The van der Waals surface area contributed by atoms with Crippen molar-refractivity contribution in [3.8, 4) is 0 Å². The van der Waals surface area contributed by atoms with Gasteiger partial charge >= 0.3 is 16.3 Å². The van der Waals surface area contributed by atoms with Crippen molar-refractivity contribution in [2.45, 2.75) is 64.3 Å². The maximum absolute atomic E-state index is 13.1. The molecule has 0 saturated heterocycles. The SMILES string of the molecule is CC(=O)O[C@@H]1C=C[C@]23NC(NS(=O)(=O)OCC(Cl)(Cl)Cl)=N[C@H]2[C@H](CO[Si](c2ccccc2)(c2ccccc2)C(C)(C)C)N=C(NC(=O)C(Cl)(Cl)Cl)N13. The number of amides is 1. The molecule has 4 atom stereocenters. The number of guanidine groups is 2. The smallest absolute Gasteiger partial charge is 0.362 e. The van der Waals surface area contributed by atoms with E-state index in [1.165, 1.54) is 17.9 Å². The van der Waals surface area contributed by atoms with E-state index >= 15 is 0 Å². The maximum atomic E-state index is 13.1. The molecule has 52 heavy (non-hydrogen) atoms. The van der Waals surface area contributed by atoms with E-state index in [2.05, 4.69) is 41.1 Å². The third-order valence-corrected chi connectivity index (χ3v) is 15.1. The summed E-state index contributed by atoms with van der Waals surface area (Å²) >= 11 is 35.0. The second kappa shape index (κ2) is 15.1. The predicted octanol–water partition coefficient (Wildman–Crippen LogP) is 3.79. The highest BCUT2D eigenvalue weighted by molar-refractivity contribution is 7.85. The van der Waals surface area contributed by atoms with Gasteiger partial charge in [0.15, 0.2) is 11.9 Å². The standard InChI is InChI=1S/C31H34Cl6N6O7SSi/c1-19(44)50-23-15-16-29-24(39-26(41-29)42-51(46,47)48-18-30(32,33)34)22(38-27(43(23)29)40-25(45)31(35,36)37)17-49-52(28(2,3)4,20-11-7-5-8-12-20)21-13-9-6-10-14-21/h5-16,22-24H,17-18H2,1-4H3,(H,38,40,45)(H2,39,41,42)/t22-,23+,24-,29+/m0/s1. The molecule has 13 nitrogen and oxygen atoms in total. The Morgan fingerprint density at radius 1 is 0.962 bits per heavy atom. The van der Waals surface area contributed by atoms with Gasteiger partial charge in [-0.15, -0.1) is 0 Å². The van der Waals surface area contributed by atoms with Gasteiger partial charge in [0.25, 0.3) is 18.0 Å². The molecule has 0 bridgehead atoms. The molecule has 1 spiro atoms. The molecule has 282 valence electrons. The molecule has 3 aliphatic rings. The van der Waals surface area contributed by atoms with Crippen LogP contribution in [0.4, 0.5) is 0 Å². The number of nitrogens with zero attached hydrogens (tertiary/aromatic N) is 3. The Hall–Kier alpha value is -2.31. The summed E-state index contributed by atoms with van der Waals surface area (Å²) in [6, 6.07) is 17.8. The van der Waals surface area contributed by atoms with Crippen LogP contribution in [0.15, 0.2) is 82.8 Å². The van der Waals surface area contributed by atoms with E-state index in [1.54, 1.807) is 6.08 Å². The van der Waals surface area contributed by atoms with Crippen molar-refractivity contribution in [3.05, 3.63) is 72.8 Å². The minimum absolute atomic E-state index is 0.0955. The molecule has 0 saturated carbocycles. The molecule has 3 heterocycles. The molecule has 0 radical (unpaired) electrons. The lowest BCUT2D eigenvalue weighted by Crippen LogP contribution is -2.72. The zero-order valence-electron chi connectivity index (χ0n) is 27.9. The molecular weight excluding hydrogens is 841 g/mol. The van der Waals surface area contributed by atoms with E-state index < -0.39 is 73.7 Å². The molecule has 3 aliphatic heterocycles. The van der Waals surface area contributed by atoms with Crippen LogP contribution in [0.25, 0.3) is 0 Å². The normalized spacial score (nSPS) is 23.2. The third-order valence-electron chi connectivity index (χ3n) is 8.34. The van der Waals surface area contributed by atoms with Crippen molar-refractivity contribution in [1.82, 2.24) is 20.3 Å². The first-order valence-electron chi connectivity index (χ1n) is 15.5. The van der Waals surface area contributed by atoms with Crippen LogP contribution in [0.5, 0.6) is 0 Å². The van der Waals surface area contributed by atoms with Crippen LogP contribution in [0.3, 0.4) is 0 Å². The van der Waals surface area contributed by atoms with Crippen molar-refractivity contribution in [2.75, 3.05) is 13.2 Å². The fourth-order valence-electron chi connectivity index (χ4n) is 6.42. The van der Waals surface area contributed by atoms with Crippen molar-refractivity contribution in [2.24, 2.45) is 9.98 Å². The molecule has 21 heteroatoms. The summed E-state index contributed by atoms with van der Waals surface area (Å²) in [4.78, 5) is 36.2. The first kappa shape index (κ1) is 40.9. The summed E-state index contributed by atoms with van der Waals surface area (Å²) in [6.45, 7) is 6.59. The van der Waals surface area contributed by atoms with E-state index in [1.807, 2.05) is 60.7 Å². The van der Waals surface area contributed by atoms with Gasteiger partial charge in [0.2, 0.25) is 15.7 Å². The molecule has 0 unspecified atom stereocenters. The summed E-state index contributed by atoms with van der Waals surface area (Å²) < 4.78 is 41.2. The van der Waals surface area contributed by atoms with Crippen LogP contribution in [-0.4, -0.2) is 90.2 Å². The summed E-state index contributed by atoms with van der Waals surface area (Å²) in [5.41, 5.74) is -1.52. The van der Waals surface area contributed by atoms with Gasteiger partial charge in [-0.3, -0.25) is 19.8 Å². The zero-order chi connectivity index (χ0) is 38.3. The molecule has 0 aliphatic carbocycles. The lowest BCUT2D eigenvalue weighted by Gasteiger charge is -2.48. The number of nitrogens with one attached hydrogen (secondary N) is 3. The second-order valence-corrected chi connectivity index (χ2v) is 23.4. The van der Waals surface area contributed by atoms with Crippen LogP contribution in [0.1, 0.15) is 27.7 Å². The molecule has 1 amide bonds. The first-order valence-corrected chi connectivity index (χ1v) is 21.1. The van der Waals surface area contributed by atoms with E-state index in [9.17, 15) is 18.0 Å². The Bertz CT molecular complexity index is 1830. The summed E-state index contributed by atoms with van der Waals surface area (Å²) in [6.07, 6.45) is 1.94. The first-order chi connectivity index (χ1) is 24.1. The van der Waals surface area contributed by atoms with Crippen molar-refractivity contribution < 1.29 is 31.4 Å². The molecular formula is C31H34Cl6N6O7SSi. The fourth-order valence-corrected chi connectivity index (χ4v) is 12.2. The minimum atomic E-state index is -4.61.